The van der Waals surface area contributed by atoms with Crippen LogP contribution in [0.2, 0.25) is 0 Å². The van der Waals surface area contributed by atoms with Crippen molar-refractivity contribution >= 4 is 68.8 Å². The van der Waals surface area contributed by atoms with Crippen molar-refractivity contribution in [3.63, 3.8) is 0 Å². The second-order valence-electron chi connectivity index (χ2n) is 7.10. The number of ether oxygens (including phenoxy) is 1. The first kappa shape index (κ1) is 25.7. The van der Waals surface area contributed by atoms with E-state index in [2.05, 4.69) is 20.9 Å². The number of carbonyl (C=O) groups is 2. The Balaban J connectivity index is 1.56. The summed E-state index contributed by atoms with van der Waals surface area (Å²) >= 11 is 8.16. The summed E-state index contributed by atoms with van der Waals surface area (Å²) in [5.41, 5.74) is 2.32. The summed E-state index contributed by atoms with van der Waals surface area (Å²) < 4.78 is 4.94. The zero-order valence-electron chi connectivity index (χ0n) is 18.9. The van der Waals surface area contributed by atoms with Gasteiger partial charge in [-0.1, -0.05) is 31.2 Å². The van der Waals surface area contributed by atoms with E-state index in [9.17, 15) is 9.59 Å². The number of esters is 1. The van der Waals surface area contributed by atoms with Gasteiger partial charge in [0.25, 0.3) is 0 Å². The van der Waals surface area contributed by atoms with E-state index in [1.165, 1.54) is 23.1 Å². The van der Waals surface area contributed by atoms with Crippen molar-refractivity contribution in [1.82, 2.24) is 4.98 Å². The second kappa shape index (κ2) is 13.1. The van der Waals surface area contributed by atoms with Gasteiger partial charge in [-0.05, 0) is 55.9 Å². The zero-order chi connectivity index (χ0) is 24.3. The molecule has 0 spiro atoms. The maximum absolute atomic E-state index is 12.8. The number of rotatable bonds is 10. The fourth-order valence-electron chi connectivity index (χ4n) is 2.94. The Bertz CT molecular complexity index is 1120. The molecule has 3 N–H and O–H groups in total. The first-order valence-corrected chi connectivity index (χ1v) is 12.9. The Morgan fingerprint density at radius 3 is 2.53 bits per heavy atom. The molecule has 1 unspecified atom stereocenters. The lowest BCUT2D eigenvalue weighted by molar-refractivity contribution is -0.142. The average molecular weight is 515 g/mol. The second-order valence-corrected chi connectivity index (χ2v) is 9.65. The molecule has 0 fully saturated rings. The molecule has 1 amide bonds. The van der Waals surface area contributed by atoms with Crippen LogP contribution in [-0.4, -0.2) is 33.8 Å². The van der Waals surface area contributed by atoms with E-state index in [1.54, 1.807) is 12.3 Å². The molecular weight excluding hydrogens is 488 g/mol. The standard InChI is InChI=1S/C24H26N4O3S3/c1-3-20(22(30)28-24-27-18(15-33-24)14-21(29)31-4-2)34-19-12-8-11-17(13-19)26-23(32)25-16-9-6-5-7-10-16/h5-13,15,20H,3-4,14H2,1-2H3,(H2,25,26,32)(H,27,28,30). The maximum Gasteiger partial charge on any atom is 0.311 e. The monoisotopic (exact) mass is 514 g/mol. The number of aromatic nitrogens is 1. The number of nitrogens with one attached hydrogen (secondary N) is 3. The Kier molecular flexibility index (Phi) is 9.87. The number of carbonyl (C=O) groups excluding carboxylic acids is 2. The Labute approximate surface area is 212 Å². The minimum Gasteiger partial charge on any atom is -0.466 e. The molecule has 0 bridgehead atoms. The highest BCUT2D eigenvalue weighted by Crippen LogP contribution is 2.29. The number of thiocarbonyl (C=S) groups is 1. The molecule has 0 aliphatic rings. The van der Waals surface area contributed by atoms with Gasteiger partial charge >= 0.3 is 5.97 Å². The molecule has 3 aromatic rings. The molecule has 0 radical (unpaired) electrons. The Hall–Kier alpha value is -2.95. The average Bonchev–Trinajstić information content (AvgIpc) is 3.24. The van der Waals surface area contributed by atoms with Gasteiger partial charge in [0.2, 0.25) is 5.91 Å². The van der Waals surface area contributed by atoms with Crippen molar-refractivity contribution in [3.8, 4) is 0 Å². The molecular formula is C24H26N4O3S3. The van der Waals surface area contributed by atoms with Gasteiger partial charge in [-0.2, -0.15) is 0 Å². The predicted octanol–water partition coefficient (Wildman–Crippen LogP) is 5.57. The number of benzene rings is 2. The molecule has 7 nitrogen and oxygen atoms in total. The Morgan fingerprint density at radius 2 is 1.79 bits per heavy atom. The van der Waals surface area contributed by atoms with Crippen LogP contribution in [0.3, 0.4) is 0 Å². The topological polar surface area (TPSA) is 92.3 Å². The van der Waals surface area contributed by atoms with Gasteiger partial charge in [-0.25, -0.2) is 4.98 Å². The van der Waals surface area contributed by atoms with Gasteiger partial charge in [-0.3, -0.25) is 9.59 Å². The third-order valence-corrected chi connectivity index (χ3v) is 6.85. The van der Waals surface area contributed by atoms with E-state index < -0.39 is 0 Å². The van der Waals surface area contributed by atoms with Crippen molar-refractivity contribution in [1.29, 1.82) is 0 Å². The molecule has 3 rings (SSSR count). The predicted molar refractivity (Wildman–Crippen MR) is 144 cm³/mol. The third kappa shape index (κ3) is 8.12. The van der Waals surface area contributed by atoms with Crippen LogP contribution in [0, 0.1) is 0 Å². The van der Waals surface area contributed by atoms with E-state index in [-0.39, 0.29) is 23.5 Å². The lowest BCUT2D eigenvalue weighted by atomic mass is 10.3. The quantitative estimate of drug-likeness (QED) is 0.184. The number of thiazole rings is 1. The van der Waals surface area contributed by atoms with E-state index in [0.29, 0.717) is 29.0 Å². The largest absolute Gasteiger partial charge is 0.466 e. The number of amides is 1. The van der Waals surface area contributed by atoms with Crippen molar-refractivity contribution in [2.75, 3.05) is 22.6 Å². The van der Waals surface area contributed by atoms with E-state index in [0.717, 1.165) is 16.3 Å². The minimum atomic E-state index is -0.334. The molecule has 34 heavy (non-hydrogen) atoms. The molecule has 1 aromatic heterocycles. The fraction of sp³-hybridized carbons (Fsp3) is 0.250. The summed E-state index contributed by atoms with van der Waals surface area (Å²) in [4.78, 5) is 29.7. The SMILES string of the molecule is CCOC(=O)Cc1csc(NC(=O)C(CC)Sc2cccc(NC(=S)Nc3ccccc3)c2)n1. The van der Waals surface area contributed by atoms with Crippen LogP contribution in [0.25, 0.3) is 0 Å². The first-order chi connectivity index (χ1) is 16.5. The van der Waals surface area contributed by atoms with Crippen LogP contribution in [0.5, 0.6) is 0 Å². The molecule has 1 atom stereocenters. The minimum absolute atomic E-state index is 0.0902. The lowest BCUT2D eigenvalue weighted by Crippen LogP contribution is -2.24. The number of nitrogens with zero attached hydrogens (tertiary/aromatic N) is 1. The van der Waals surface area contributed by atoms with Crippen LogP contribution in [0.15, 0.2) is 64.9 Å². The number of para-hydroxylation sites is 1. The molecule has 0 aliphatic carbocycles. The van der Waals surface area contributed by atoms with Gasteiger partial charge in [-0.15, -0.1) is 23.1 Å². The van der Waals surface area contributed by atoms with Gasteiger partial charge in [0, 0.05) is 21.7 Å². The summed E-state index contributed by atoms with van der Waals surface area (Å²) in [5, 5.41) is 11.6. The lowest BCUT2D eigenvalue weighted by Gasteiger charge is -2.15. The summed E-state index contributed by atoms with van der Waals surface area (Å²) in [7, 11) is 0. The smallest absolute Gasteiger partial charge is 0.311 e. The maximum atomic E-state index is 12.8. The third-order valence-electron chi connectivity index (χ3n) is 4.48. The van der Waals surface area contributed by atoms with Crippen LogP contribution in [0.1, 0.15) is 26.0 Å². The number of anilines is 3. The first-order valence-electron chi connectivity index (χ1n) is 10.8. The van der Waals surface area contributed by atoms with Gasteiger partial charge in [0.05, 0.1) is 24.0 Å². The number of thioether (sulfide) groups is 1. The highest BCUT2D eigenvalue weighted by molar-refractivity contribution is 8.00. The molecule has 0 aliphatic heterocycles. The molecule has 10 heteroatoms. The highest BCUT2D eigenvalue weighted by Gasteiger charge is 2.20. The van der Waals surface area contributed by atoms with E-state index in [4.69, 9.17) is 17.0 Å². The fourth-order valence-corrected chi connectivity index (χ4v) is 4.90. The normalized spacial score (nSPS) is 11.4. The molecule has 2 aromatic carbocycles. The van der Waals surface area contributed by atoms with Gasteiger partial charge < -0.3 is 20.7 Å². The van der Waals surface area contributed by atoms with Crippen LogP contribution in [0.4, 0.5) is 16.5 Å². The number of hydrogen-bond donors (Lipinski definition) is 3. The molecule has 0 saturated heterocycles. The Morgan fingerprint density at radius 1 is 1.06 bits per heavy atom. The zero-order valence-corrected chi connectivity index (χ0v) is 21.3. The van der Waals surface area contributed by atoms with Crippen LogP contribution < -0.4 is 16.0 Å². The van der Waals surface area contributed by atoms with E-state index >= 15 is 0 Å². The van der Waals surface area contributed by atoms with Crippen molar-refractivity contribution < 1.29 is 14.3 Å². The molecule has 178 valence electrons. The van der Waals surface area contributed by atoms with Crippen LogP contribution >= 0.6 is 35.3 Å². The summed E-state index contributed by atoms with van der Waals surface area (Å²) in [6, 6.07) is 17.4. The summed E-state index contributed by atoms with van der Waals surface area (Å²) in [6.07, 6.45) is 0.732. The van der Waals surface area contributed by atoms with Crippen molar-refractivity contribution in [3.05, 3.63) is 65.7 Å². The number of hydrogen-bond acceptors (Lipinski definition) is 7. The molecule has 0 saturated carbocycles. The van der Waals surface area contributed by atoms with Gasteiger partial charge in [0.1, 0.15) is 0 Å². The highest BCUT2D eigenvalue weighted by atomic mass is 32.2. The van der Waals surface area contributed by atoms with Gasteiger partial charge in [0.15, 0.2) is 10.2 Å². The molecule has 1 heterocycles. The van der Waals surface area contributed by atoms with Crippen molar-refractivity contribution in [2.45, 2.75) is 36.8 Å². The summed E-state index contributed by atoms with van der Waals surface area (Å²) in [5.74, 6) is -0.469. The van der Waals surface area contributed by atoms with E-state index in [1.807, 2.05) is 61.5 Å². The van der Waals surface area contributed by atoms with Crippen molar-refractivity contribution in [2.24, 2.45) is 0 Å². The van der Waals surface area contributed by atoms with Crippen LogP contribution in [-0.2, 0) is 20.7 Å². The summed E-state index contributed by atoms with van der Waals surface area (Å²) in [6.45, 7) is 4.05.